The number of aromatic nitrogens is 2. The van der Waals surface area contributed by atoms with Crippen molar-refractivity contribution in [3.63, 3.8) is 0 Å². The lowest BCUT2D eigenvalue weighted by molar-refractivity contribution is 0.592. The van der Waals surface area contributed by atoms with Gasteiger partial charge in [-0.1, -0.05) is 11.6 Å². The van der Waals surface area contributed by atoms with E-state index in [0.717, 1.165) is 24.3 Å². The molecule has 0 aliphatic rings. The molecule has 0 unspecified atom stereocenters. The van der Waals surface area contributed by atoms with Gasteiger partial charge >= 0.3 is 0 Å². The first kappa shape index (κ1) is 14.2. The molecule has 1 heterocycles. The van der Waals surface area contributed by atoms with Gasteiger partial charge in [0.25, 0.3) is 0 Å². The van der Waals surface area contributed by atoms with E-state index in [0.29, 0.717) is 5.52 Å². The van der Waals surface area contributed by atoms with Crippen LogP contribution in [0.25, 0.3) is 16.7 Å². The molecule has 0 fully saturated rings. The van der Waals surface area contributed by atoms with Crippen molar-refractivity contribution in [2.75, 3.05) is 0 Å². The first-order valence-corrected chi connectivity index (χ1v) is 6.80. The third kappa shape index (κ3) is 2.36. The van der Waals surface area contributed by atoms with Crippen molar-refractivity contribution in [2.45, 2.75) is 5.88 Å². The standard InChI is InChI=1S/C14H7Cl2F3N2/c15-6-14-20-11-5-10(19)8(16)4-13(11)21(14)12-3-7(17)1-2-9(12)18/h1-5H,6H2. The van der Waals surface area contributed by atoms with Crippen LogP contribution < -0.4 is 0 Å². The Morgan fingerprint density at radius 2 is 1.81 bits per heavy atom. The number of hydrogen-bond acceptors (Lipinski definition) is 1. The predicted molar refractivity (Wildman–Crippen MR) is 75.5 cm³/mol. The maximum Gasteiger partial charge on any atom is 0.147 e. The Hall–Kier alpha value is -1.72. The van der Waals surface area contributed by atoms with E-state index >= 15 is 0 Å². The Labute approximate surface area is 127 Å². The third-order valence-corrected chi connectivity index (χ3v) is 3.56. The molecule has 2 aromatic carbocycles. The zero-order valence-corrected chi connectivity index (χ0v) is 11.9. The smallest absolute Gasteiger partial charge is 0.147 e. The van der Waals surface area contributed by atoms with Gasteiger partial charge in [0, 0.05) is 12.1 Å². The molecule has 21 heavy (non-hydrogen) atoms. The SMILES string of the molecule is Fc1ccc(F)c(-n2c(CCl)nc3cc(F)c(Cl)cc32)c1. The van der Waals surface area contributed by atoms with Gasteiger partial charge in [0.1, 0.15) is 23.3 Å². The number of fused-ring (bicyclic) bond motifs is 1. The maximum absolute atomic E-state index is 14.0. The zero-order valence-electron chi connectivity index (χ0n) is 10.4. The molecule has 3 aromatic rings. The Kier molecular flexibility index (Phi) is 3.55. The molecule has 0 spiro atoms. The van der Waals surface area contributed by atoms with Gasteiger partial charge < -0.3 is 0 Å². The summed E-state index contributed by atoms with van der Waals surface area (Å²) >= 11 is 11.6. The summed E-state index contributed by atoms with van der Waals surface area (Å²) in [4.78, 5) is 4.12. The highest BCUT2D eigenvalue weighted by Crippen LogP contribution is 2.28. The van der Waals surface area contributed by atoms with Crippen LogP contribution in [0, 0.1) is 17.5 Å². The minimum Gasteiger partial charge on any atom is -0.292 e. The Morgan fingerprint density at radius 3 is 2.52 bits per heavy atom. The van der Waals surface area contributed by atoms with Crippen LogP contribution in [-0.2, 0) is 5.88 Å². The lowest BCUT2D eigenvalue weighted by Crippen LogP contribution is -2.02. The largest absolute Gasteiger partial charge is 0.292 e. The van der Waals surface area contributed by atoms with Gasteiger partial charge in [0.05, 0.1) is 27.6 Å². The summed E-state index contributed by atoms with van der Waals surface area (Å²) in [7, 11) is 0. The molecule has 0 aliphatic heterocycles. The summed E-state index contributed by atoms with van der Waals surface area (Å²) in [6, 6.07) is 5.45. The number of nitrogens with zero attached hydrogens (tertiary/aromatic N) is 2. The average Bonchev–Trinajstić information content (AvgIpc) is 2.79. The molecule has 0 bridgehead atoms. The summed E-state index contributed by atoms with van der Waals surface area (Å²) in [5.41, 5.74) is 0.550. The highest BCUT2D eigenvalue weighted by molar-refractivity contribution is 6.31. The van der Waals surface area contributed by atoms with E-state index in [-0.39, 0.29) is 27.9 Å². The van der Waals surface area contributed by atoms with Gasteiger partial charge in [-0.15, -0.1) is 11.6 Å². The molecule has 0 N–H and O–H groups in total. The normalized spacial score (nSPS) is 11.3. The lowest BCUT2D eigenvalue weighted by atomic mass is 10.2. The van der Waals surface area contributed by atoms with E-state index < -0.39 is 17.5 Å². The summed E-state index contributed by atoms with van der Waals surface area (Å²) in [5, 5.41) is -0.137. The average molecular weight is 331 g/mol. The van der Waals surface area contributed by atoms with Gasteiger partial charge in [-0.05, 0) is 18.2 Å². The second-order valence-electron chi connectivity index (χ2n) is 4.35. The van der Waals surface area contributed by atoms with Crippen LogP contribution in [0.4, 0.5) is 13.2 Å². The van der Waals surface area contributed by atoms with Crippen LogP contribution in [0.15, 0.2) is 30.3 Å². The van der Waals surface area contributed by atoms with Crippen molar-refractivity contribution in [1.29, 1.82) is 0 Å². The third-order valence-electron chi connectivity index (χ3n) is 3.03. The number of alkyl halides is 1. The first-order valence-electron chi connectivity index (χ1n) is 5.89. The molecule has 7 heteroatoms. The van der Waals surface area contributed by atoms with Crippen LogP contribution >= 0.6 is 23.2 Å². The van der Waals surface area contributed by atoms with Crippen molar-refractivity contribution in [3.8, 4) is 5.69 Å². The lowest BCUT2D eigenvalue weighted by Gasteiger charge is -2.09. The van der Waals surface area contributed by atoms with Crippen molar-refractivity contribution in [1.82, 2.24) is 9.55 Å². The molecule has 1 aromatic heterocycles. The van der Waals surface area contributed by atoms with Crippen LogP contribution in [0.2, 0.25) is 5.02 Å². The second kappa shape index (κ2) is 5.24. The van der Waals surface area contributed by atoms with Crippen molar-refractivity contribution in [3.05, 3.63) is 58.6 Å². The minimum atomic E-state index is -0.650. The Balaban J connectivity index is 2.40. The quantitative estimate of drug-likeness (QED) is 0.615. The van der Waals surface area contributed by atoms with Crippen molar-refractivity contribution < 1.29 is 13.2 Å². The second-order valence-corrected chi connectivity index (χ2v) is 5.02. The maximum atomic E-state index is 14.0. The van der Waals surface area contributed by atoms with Gasteiger partial charge in [-0.3, -0.25) is 4.57 Å². The zero-order chi connectivity index (χ0) is 15.1. The van der Waals surface area contributed by atoms with Gasteiger partial charge in [0.2, 0.25) is 0 Å². The Bertz CT molecular complexity index is 846. The highest BCUT2D eigenvalue weighted by atomic mass is 35.5. The van der Waals surface area contributed by atoms with Gasteiger partial charge in [-0.2, -0.15) is 0 Å². The van der Waals surface area contributed by atoms with E-state index in [2.05, 4.69) is 4.98 Å². The molecule has 108 valence electrons. The minimum absolute atomic E-state index is 0.0517. The fourth-order valence-electron chi connectivity index (χ4n) is 2.14. The van der Waals surface area contributed by atoms with Crippen LogP contribution in [-0.4, -0.2) is 9.55 Å². The number of benzene rings is 2. The molecule has 3 rings (SSSR count). The van der Waals surface area contributed by atoms with Crippen molar-refractivity contribution >= 4 is 34.2 Å². The van der Waals surface area contributed by atoms with E-state index in [1.54, 1.807) is 0 Å². The molecular formula is C14H7Cl2F3N2. The van der Waals surface area contributed by atoms with E-state index in [4.69, 9.17) is 23.2 Å². The number of halogens is 5. The molecule has 0 amide bonds. The van der Waals surface area contributed by atoms with Gasteiger partial charge in [-0.25, -0.2) is 18.2 Å². The monoisotopic (exact) mass is 330 g/mol. The number of imidazole rings is 1. The summed E-state index contributed by atoms with van der Waals surface area (Å²) < 4.78 is 42.2. The van der Waals surface area contributed by atoms with E-state index in [9.17, 15) is 13.2 Å². The molecule has 0 saturated carbocycles. The molecular weight excluding hydrogens is 324 g/mol. The van der Waals surface area contributed by atoms with E-state index in [1.165, 1.54) is 10.6 Å². The number of hydrogen-bond donors (Lipinski definition) is 0. The fourth-order valence-corrected chi connectivity index (χ4v) is 2.48. The Morgan fingerprint density at radius 1 is 1.05 bits per heavy atom. The van der Waals surface area contributed by atoms with Gasteiger partial charge in [0.15, 0.2) is 0 Å². The first-order chi connectivity index (χ1) is 10.0. The summed E-state index contributed by atoms with van der Waals surface area (Å²) in [5.74, 6) is -1.69. The van der Waals surface area contributed by atoms with Crippen molar-refractivity contribution in [2.24, 2.45) is 0 Å². The topological polar surface area (TPSA) is 17.8 Å². The van der Waals surface area contributed by atoms with Crippen LogP contribution in [0.3, 0.4) is 0 Å². The van der Waals surface area contributed by atoms with E-state index in [1.807, 2.05) is 0 Å². The molecule has 0 atom stereocenters. The van der Waals surface area contributed by atoms with Crippen LogP contribution in [0.5, 0.6) is 0 Å². The highest BCUT2D eigenvalue weighted by Gasteiger charge is 2.17. The summed E-state index contributed by atoms with van der Waals surface area (Å²) in [6.45, 7) is 0. The van der Waals surface area contributed by atoms with Crippen LogP contribution in [0.1, 0.15) is 5.82 Å². The molecule has 0 saturated heterocycles. The number of rotatable bonds is 2. The molecule has 0 aliphatic carbocycles. The predicted octanol–water partition coefficient (Wildman–Crippen LogP) is 4.84. The molecule has 0 radical (unpaired) electrons. The molecule has 2 nitrogen and oxygen atoms in total. The fraction of sp³-hybridized carbons (Fsp3) is 0.0714. The summed E-state index contributed by atoms with van der Waals surface area (Å²) in [6.07, 6.45) is 0.